The second-order valence-corrected chi connectivity index (χ2v) is 9.24. The average molecular weight is 290 g/mol. The summed E-state index contributed by atoms with van der Waals surface area (Å²) in [6, 6.07) is 8.20. The quantitative estimate of drug-likeness (QED) is 0.762. The Bertz CT molecular complexity index is 401. The van der Waals surface area contributed by atoms with Gasteiger partial charge in [0.15, 0.2) is 0 Å². The maximum absolute atomic E-state index is 10.4. The van der Waals surface area contributed by atoms with Crippen LogP contribution in [0.2, 0.25) is 0 Å². The van der Waals surface area contributed by atoms with E-state index in [1.54, 1.807) is 0 Å². The molecule has 2 aliphatic rings. The highest BCUT2D eigenvalue weighted by atomic mass is 31.1. The van der Waals surface area contributed by atoms with E-state index in [0.29, 0.717) is 5.75 Å². The van der Waals surface area contributed by atoms with Gasteiger partial charge in [0.05, 0.1) is 0 Å². The van der Waals surface area contributed by atoms with Crippen LogP contribution in [0, 0.1) is 0 Å². The monoisotopic (exact) mass is 290 g/mol. The van der Waals surface area contributed by atoms with Gasteiger partial charge in [-0.3, -0.25) is 0 Å². The van der Waals surface area contributed by atoms with Gasteiger partial charge < -0.3 is 5.11 Å². The first-order valence-corrected chi connectivity index (χ1v) is 9.90. The van der Waals surface area contributed by atoms with E-state index in [1.807, 2.05) is 12.1 Å². The summed E-state index contributed by atoms with van der Waals surface area (Å²) in [5.41, 5.74) is 1.74. The Kier molecular flexibility index (Phi) is 4.99. The Morgan fingerprint density at radius 1 is 0.750 bits per heavy atom. The number of hydrogen-bond donors (Lipinski definition) is 1. The van der Waals surface area contributed by atoms with Crippen LogP contribution in [-0.4, -0.2) is 16.4 Å². The Labute approximate surface area is 124 Å². The van der Waals surface area contributed by atoms with Gasteiger partial charge in [-0.25, -0.2) is 0 Å². The molecule has 2 heteroatoms. The average Bonchev–Trinajstić information content (AvgIpc) is 2.52. The molecule has 0 saturated heterocycles. The van der Waals surface area contributed by atoms with E-state index in [2.05, 4.69) is 12.1 Å². The lowest BCUT2D eigenvalue weighted by molar-refractivity contribution is 0.474. The number of para-hydroxylation sites is 1. The molecule has 2 saturated carbocycles. The molecule has 2 aliphatic carbocycles. The predicted molar refractivity (Wildman–Crippen MR) is 88.4 cm³/mol. The van der Waals surface area contributed by atoms with Crippen molar-refractivity contribution >= 4 is 13.2 Å². The van der Waals surface area contributed by atoms with Gasteiger partial charge in [0.2, 0.25) is 0 Å². The Morgan fingerprint density at radius 2 is 1.25 bits per heavy atom. The molecule has 0 aliphatic heterocycles. The highest BCUT2D eigenvalue weighted by molar-refractivity contribution is 7.67. The summed E-state index contributed by atoms with van der Waals surface area (Å²) < 4.78 is 0. The van der Waals surface area contributed by atoms with Crippen molar-refractivity contribution in [3.63, 3.8) is 0 Å². The van der Waals surface area contributed by atoms with Crippen LogP contribution in [0.15, 0.2) is 24.3 Å². The molecule has 0 bridgehead atoms. The zero-order valence-corrected chi connectivity index (χ0v) is 13.3. The summed E-state index contributed by atoms with van der Waals surface area (Å²) in [6.45, 7) is 0. The molecule has 1 aromatic carbocycles. The van der Waals surface area contributed by atoms with Crippen molar-refractivity contribution in [3.8, 4) is 5.75 Å². The van der Waals surface area contributed by atoms with Gasteiger partial charge in [0.25, 0.3) is 0 Å². The normalized spacial score (nSPS) is 22.2. The van der Waals surface area contributed by atoms with Gasteiger partial charge in [-0.15, -0.1) is 0 Å². The van der Waals surface area contributed by atoms with Crippen LogP contribution in [0.4, 0.5) is 0 Å². The Balaban J connectivity index is 1.87. The number of phenols is 1. The Hall–Kier alpha value is -0.550. The van der Waals surface area contributed by atoms with Gasteiger partial charge in [0, 0.05) is 5.30 Å². The van der Waals surface area contributed by atoms with Gasteiger partial charge in [-0.1, -0.05) is 64.6 Å². The van der Waals surface area contributed by atoms with Crippen molar-refractivity contribution in [3.05, 3.63) is 24.3 Å². The number of phenolic OH excluding ortho intramolecular Hbond substituents is 1. The zero-order chi connectivity index (χ0) is 13.8. The second-order valence-electron chi connectivity index (χ2n) is 6.48. The van der Waals surface area contributed by atoms with Crippen LogP contribution < -0.4 is 5.30 Å². The van der Waals surface area contributed by atoms with Crippen molar-refractivity contribution < 1.29 is 5.11 Å². The van der Waals surface area contributed by atoms with E-state index in [0.717, 1.165) is 11.3 Å². The first-order chi connectivity index (χ1) is 9.86. The molecule has 1 aromatic rings. The van der Waals surface area contributed by atoms with Crippen LogP contribution in [0.25, 0.3) is 0 Å². The zero-order valence-electron chi connectivity index (χ0n) is 12.4. The van der Waals surface area contributed by atoms with E-state index in [1.165, 1.54) is 69.5 Å². The van der Waals surface area contributed by atoms with Crippen LogP contribution in [-0.2, 0) is 0 Å². The predicted octanol–water partition coefficient (Wildman–Crippen LogP) is 5.16. The molecule has 20 heavy (non-hydrogen) atoms. The molecule has 1 N–H and O–H groups in total. The molecular formula is C18H27OP. The molecule has 0 radical (unpaired) electrons. The van der Waals surface area contributed by atoms with E-state index in [-0.39, 0.29) is 7.92 Å². The minimum Gasteiger partial charge on any atom is -0.507 e. The fourth-order valence-electron chi connectivity index (χ4n) is 4.09. The first-order valence-electron chi connectivity index (χ1n) is 8.42. The topological polar surface area (TPSA) is 20.2 Å². The van der Waals surface area contributed by atoms with Crippen molar-refractivity contribution in [2.45, 2.75) is 75.5 Å². The minimum atomic E-state index is -0.163. The molecule has 1 nitrogen and oxygen atoms in total. The largest absolute Gasteiger partial charge is 0.507 e. The van der Waals surface area contributed by atoms with Crippen molar-refractivity contribution in [1.29, 1.82) is 0 Å². The summed E-state index contributed by atoms with van der Waals surface area (Å²) in [4.78, 5) is 0. The van der Waals surface area contributed by atoms with Crippen molar-refractivity contribution in [2.75, 3.05) is 0 Å². The van der Waals surface area contributed by atoms with Crippen LogP contribution in [0.5, 0.6) is 5.75 Å². The fourth-order valence-corrected chi connectivity index (χ4v) is 7.92. The standard InChI is InChI=1S/C18H27OP/c19-17-13-7-8-14-18(17)20(15-9-3-1-4-10-15)16-11-5-2-6-12-16/h7-8,13-16,19H,1-6,9-12H2. The maximum Gasteiger partial charge on any atom is 0.123 e. The summed E-state index contributed by atoms with van der Waals surface area (Å²) >= 11 is 0. The summed E-state index contributed by atoms with van der Waals surface area (Å²) in [7, 11) is -0.163. The lowest BCUT2D eigenvalue weighted by atomic mass is 9.99. The molecule has 0 spiro atoms. The van der Waals surface area contributed by atoms with E-state index >= 15 is 0 Å². The highest BCUT2D eigenvalue weighted by Crippen LogP contribution is 2.56. The SMILES string of the molecule is Oc1ccccc1P(C1CCCCC1)C1CCCCC1. The van der Waals surface area contributed by atoms with Gasteiger partial charge in [-0.2, -0.15) is 0 Å². The molecule has 0 unspecified atom stereocenters. The lowest BCUT2D eigenvalue weighted by Crippen LogP contribution is -2.26. The second kappa shape index (κ2) is 6.94. The number of rotatable bonds is 3. The third-order valence-electron chi connectivity index (χ3n) is 5.10. The van der Waals surface area contributed by atoms with Gasteiger partial charge in [0.1, 0.15) is 5.75 Å². The molecule has 0 heterocycles. The lowest BCUT2D eigenvalue weighted by Gasteiger charge is -2.38. The van der Waals surface area contributed by atoms with E-state index in [9.17, 15) is 5.11 Å². The summed E-state index contributed by atoms with van der Waals surface area (Å²) in [5.74, 6) is 0.565. The molecule has 0 amide bonds. The fraction of sp³-hybridized carbons (Fsp3) is 0.667. The number of benzene rings is 1. The number of hydrogen-bond acceptors (Lipinski definition) is 1. The molecule has 0 aromatic heterocycles. The van der Waals surface area contributed by atoms with Crippen molar-refractivity contribution in [1.82, 2.24) is 0 Å². The highest BCUT2D eigenvalue weighted by Gasteiger charge is 2.33. The van der Waals surface area contributed by atoms with Crippen LogP contribution >= 0.6 is 7.92 Å². The molecule has 2 fully saturated rings. The Morgan fingerprint density at radius 3 is 1.75 bits per heavy atom. The molecule has 3 rings (SSSR count). The van der Waals surface area contributed by atoms with E-state index < -0.39 is 0 Å². The third-order valence-corrected chi connectivity index (χ3v) is 8.64. The van der Waals surface area contributed by atoms with Crippen molar-refractivity contribution in [2.24, 2.45) is 0 Å². The van der Waals surface area contributed by atoms with Crippen LogP contribution in [0.3, 0.4) is 0 Å². The first kappa shape index (κ1) is 14.4. The van der Waals surface area contributed by atoms with Gasteiger partial charge in [-0.05, 0) is 43.1 Å². The molecule has 110 valence electrons. The van der Waals surface area contributed by atoms with Gasteiger partial charge >= 0.3 is 0 Å². The van der Waals surface area contributed by atoms with Crippen LogP contribution in [0.1, 0.15) is 64.2 Å². The maximum atomic E-state index is 10.4. The minimum absolute atomic E-state index is 0.163. The third kappa shape index (κ3) is 3.19. The summed E-state index contributed by atoms with van der Waals surface area (Å²) in [6.07, 6.45) is 14.1. The summed E-state index contributed by atoms with van der Waals surface area (Å²) in [5, 5.41) is 11.7. The molecular weight excluding hydrogens is 263 g/mol. The van der Waals surface area contributed by atoms with E-state index in [4.69, 9.17) is 0 Å². The number of aromatic hydroxyl groups is 1. The molecule has 0 atom stereocenters. The smallest absolute Gasteiger partial charge is 0.123 e.